The van der Waals surface area contributed by atoms with Crippen molar-refractivity contribution in [3.8, 4) is 0 Å². The Morgan fingerprint density at radius 2 is 2.50 bits per heavy atom. The number of nitrogens with one attached hydrogen (secondary N) is 1. The van der Waals surface area contributed by atoms with Gasteiger partial charge >= 0.3 is 0 Å². The Hall–Kier alpha value is -1.38. The van der Waals surface area contributed by atoms with Crippen LogP contribution in [0.1, 0.15) is 31.5 Å². The van der Waals surface area contributed by atoms with Crippen LogP contribution in [0.2, 0.25) is 0 Å². The van der Waals surface area contributed by atoms with Gasteiger partial charge in [0.15, 0.2) is 0 Å². The van der Waals surface area contributed by atoms with Crippen molar-refractivity contribution in [2.24, 2.45) is 5.92 Å². The number of aromatic amines is 1. The van der Waals surface area contributed by atoms with E-state index >= 15 is 0 Å². The Morgan fingerprint density at radius 1 is 1.57 bits per heavy atom. The van der Waals surface area contributed by atoms with Crippen LogP contribution in [-0.4, -0.2) is 15.0 Å². The maximum atomic E-state index is 4.58. The smallest absolute Gasteiger partial charge is 0.110 e. The van der Waals surface area contributed by atoms with E-state index in [0.717, 1.165) is 22.8 Å². The number of hydrogen-bond acceptors (Lipinski definition) is 2. The van der Waals surface area contributed by atoms with Crippen molar-refractivity contribution in [1.82, 2.24) is 15.0 Å². The zero-order valence-electron chi connectivity index (χ0n) is 8.20. The number of aromatic nitrogens is 3. The van der Waals surface area contributed by atoms with Crippen LogP contribution in [0.25, 0.3) is 11.0 Å². The molecule has 1 saturated carbocycles. The van der Waals surface area contributed by atoms with Gasteiger partial charge in [-0.1, -0.05) is 13.3 Å². The molecule has 1 N–H and O–H groups in total. The second-order valence-electron chi connectivity index (χ2n) is 4.03. The molecule has 1 aliphatic rings. The summed E-state index contributed by atoms with van der Waals surface area (Å²) in [6.07, 6.45) is 6.19. The zero-order valence-corrected chi connectivity index (χ0v) is 8.20. The standard InChI is InChI=1S/C11H13N3/c1-2-7-5-8(7)11-13-9-3-4-12-6-10(9)14-11/h3-4,6-8H,2,5H2,1H3,(H,13,14). The van der Waals surface area contributed by atoms with Crippen molar-refractivity contribution in [3.63, 3.8) is 0 Å². The van der Waals surface area contributed by atoms with Crippen LogP contribution in [0.15, 0.2) is 18.5 Å². The van der Waals surface area contributed by atoms with Crippen LogP contribution in [0.3, 0.4) is 0 Å². The fraction of sp³-hybridized carbons (Fsp3) is 0.455. The summed E-state index contributed by atoms with van der Waals surface area (Å²) in [7, 11) is 0. The predicted molar refractivity (Wildman–Crippen MR) is 55.0 cm³/mol. The van der Waals surface area contributed by atoms with E-state index < -0.39 is 0 Å². The summed E-state index contributed by atoms with van der Waals surface area (Å²) in [5, 5.41) is 0. The van der Waals surface area contributed by atoms with E-state index in [0.29, 0.717) is 5.92 Å². The van der Waals surface area contributed by atoms with Gasteiger partial charge in [-0.25, -0.2) is 4.98 Å². The van der Waals surface area contributed by atoms with Gasteiger partial charge < -0.3 is 4.98 Å². The van der Waals surface area contributed by atoms with E-state index in [1.54, 1.807) is 6.20 Å². The Kier molecular flexibility index (Phi) is 1.60. The van der Waals surface area contributed by atoms with Crippen molar-refractivity contribution in [3.05, 3.63) is 24.3 Å². The second kappa shape index (κ2) is 2.80. The molecular formula is C11H13N3. The Balaban J connectivity index is 1.99. The van der Waals surface area contributed by atoms with E-state index in [1.165, 1.54) is 12.8 Å². The summed E-state index contributed by atoms with van der Waals surface area (Å²) in [6, 6.07) is 1.96. The molecule has 72 valence electrons. The minimum absolute atomic E-state index is 0.674. The predicted octanol–water partition coefficient (Wildman–Crippen LogP) is 2.47. The molecule has 1 fully saturated rings. The molecule has 0 spiro atoms. The van der Waals surface area contributed by atoms with Gasteiger partial charge in [0.2, 0.25) is 0 Å². The highest BCUT2D eigenvalue weighted by atomic mass is 14.9. The Morgan fingerprint density at radius 3 is 3.21 bits per heavy atom. The largest absolute Gasteiger partial charge is 0.340 e. The first-order valence-electron chi connectivity index (χ1n) is 5.18. The van der Waals surface area contributed by atoms with Gasteiger partial charge in [-0.15, -0.1) is 0 Å². The second-order valence-corrected chi connectivity index (χ2v) is 4.03. The van der Waals surface area contributed by atoms with Gasteiger partial charge in [-0.3, -0.25) is 4.98 Å². The number of nitrogens with zero attached hydrogens (tertiary/aromatic N) is 2. The van der Waals surface area contributed by atoms with Gasteiger partial charge in [0, 0.05) is 12.1 Å². The van der Waals surface area contributed by atoms with Crippen molar-refractivity contribution in [2.75, 3.05) is 0 Å². The van der Waals surface area contributed by atoms with Crippen LogP contribution in [0, 0.1) is 5.92 Å². The molecule has 3 heteroatoms. The minimum Gasteiger partial charge on any atom is -0.340 e. The lowest BCUT2D eigenvalue weighted by Gasteiger charge is -1.90. The van der Waals surface area contributed by atoms with E-state index in [1.807, 2.05) is 12.3 Å². The molecular weight excluding hydrogens is 174 g/mol. The first-order chi connectivity index (χ1) is 6.88. The number of hydrogen-bond donors (Lipinski definition) is 1. The lowest BCUT2D eigenvalue weighted by Crippen LogP contribution is -1.84. The lowest BCUT2D eigenvalue weighted by molar-refractivity contribution is 0.749. The average Bonchev–Trinajstić information content (AvgIpc) is 2.89. The molecule has 2 unspecified atom stereocenters. The first kappa shape index (κ1) is 7.97. The highest BCUT2D eigenvalue weighted by Gasteiger charge is 2.38. The van der Waals surface area contributed by atoms with Gasteiger partial charge in [0.1, 0.15) is 5.82 Å². The summed E-state index contributed by atoms with van der Waals surface area (Å²) in [4.78, 5) is 12.0. The van der Waals surface area contributed by atoms with E-state index in [4.69, 9.17) is 0 Å². The Labute approximate surface area is 82.6 Å². The summed E-state index contributed by atoms with van der Waals surface area (Å²) in [5.74, 6) is 2.68. The van der Waals surface area contributed by atoms with Gasteiger partial charge in [0.05, 0.1) is 17.2 Å². The normalized spacial score (nSPS) is 25.5. The third-order valence-electron chi connectivity index (χ3n) is 3.10. The summed E-state index contributed by atoms with van der Waals surface area (Å²) >= 11 is 0. The van der Waals surface area contributed by atoms with Crippen LogP contribution in [-0.2, 0) is 0 Å². The van der Waals surface area contributed by atoms with Gasteiger partial charge in [-0.2, -0.15) is 0 Å². The van der Waals surface area contributed by atoms with Gasteiger partial charge in [0.25, 0.3) is 0 Å². The highest BCUT2D eigenvalue weighted by Crippen LogP contribution is 2.48. The molecule has 0 aromatic carbocycles. The lowest BCUT2D eigenvalue weighted by atomic mass is 10.2. The maximum Gasteiger partial charge on any atom is 0.110 e. The van der Waals surface area contributed by atoms with E-state index in [2.05, 4.69) is 21.9 Å². The summed E-state index contributed by atoms with van der Waals surface area (Å²) < 4.78 is 0. The molecule has 0 amide bonds. The average molecular weight is 187 g/mol. The van der Waals surface area contributed by atoms with Crippen LogP contribution in [0.5, 0.6) is 0 Å². The zero-order chi connectivity index (χ0) is 9.54. The molecule has 3 nitrogen and oxygen atoms in total. The molecule has 0 aliphatic heterocycles. The molecule has 1 aliphatic carbocycles. The third-order valence-corrected chi connectivity index (χ3v) is 3.10. The van der Waals surface area contributed by atoms with Crippen LogP contribution >= 0.6 is 0 Å². The highest BCUT2D eigenvalue weighted by molar-refractivity contribution is 5.73. The topological polar surface area (TPSA) is 41.6 Å². The fourth-order valence-electron chi connectivity index (χ4n) is 2.09. The number of imidazole rings is 1. The summed E-state index contributed by atoms with van der Waals surface area (Å²) in [5.41, 5.74) is 2.10. The molecule has 2 heterocycles. The molecule has 2 aromatic heterocycles. The third kappa shape index (κ3) is 1.12. The monoisotopic (exact) mass is 187 g/mol. The molecule has 2 atom stereocenters. The maximum absolute atomic E-state index is 4.58. The van der Waals surface area contributed by atoms with Crippen LogP contribution in [0.4, 0.5) is 0 Å². The van der Waals surface area contributed by atoms with E-state index in [9.17, 15) is 0 Å². The number of H-pyrrole nitrogens is 1. The molecule has 3 rings (SSSR count). The quantitative estimate of drug-likeness (QED) is 0.784. The fourth-order valence-corrected chi connectivity index (χ4v) is 2.09. The molecule has 0 bridgehead atoms. The van der Waals surface area contributed by atoms with Crippen molar-refractivity contribution >= 4 is 11.0 Å². The number of pyridine rings is 1. The number of fused-ring (bicyclic) bond motifs is 1. The van der Waals surface area contributed by atoms with E-state index in [-0.39, 0.29) is 0 Å². The van der Waals surface area contributed by atoms with Crippen molar-refractivity contribution in [2.45, 2.75) is 25.7 Å². The SMILES string of the molecule is CCC1CC1c1nc2ccncc2[nH]1. The number of rotatable bonds is 2. The first-order valence-corrected chi connectivity index (χ1v) is 5.18. The molecule has 0 saturated heterocycles. The molecule has 0 radical (unpaired) electrons. The minimum atomic E-state index is 0.674. The molecule has 2 aromatic rings. The van der Waals surface area contributed by atoms with Crippen molar-refractivity contribution in [1.29, 1.82) is 0 Å². The summed E-state index contributed by atoms with van der Waals surface area (Å²) in [6.45, 7) is 2.24. The van der Waals surface area contributed by atoms with Crippen molar-refractivity contribution < 1.29 is 0 Å². The van der Waals surface area contributed by atoms with Crippen LogP contribution < -0.4 is 0 Å². The Bertz CT molecular complexity index is 427. The molecule has 14 heavy (non-hydrogen) atoms. The van der Waals surface area contributed by atoms with Gasteiger partial charge in [-0.05, 0) is 18.4 Å².